The highest BCUT2D eigenvalue weighted by molar-refractivity contribution is 7.17. The van der Waals surface area contributed by atoms with E-state index in [1.165, 1.54) is 12.4 Å². The van der Waals surface area contributed by atoms with Crippen LogP contribution in [0.4, 0.5) is 16.2 Å². The first kappa shape index (κ1) is 22.0. The quantitative estimate of drug-likeness (QED) is 0.389. The van der Waals surface area contributed by atoms with E-state index in [0.717, 1.165) is 11.3 Å². The Kier molecular flexibility index (Phi) is 6.26. The van der Waals surface area contributed by atoms with Crippen LogP contribution in [0.2, 0.25) is 9.49 Å². The lowest BCUT2D eigenvalue weighted by atomic mass is 10.1. The van der Waals surface area contributed by atoms with Crippen LogP contribution in [0.15, 0.2) is 43.0 Å². The Labute approximate surface area is 196 Å². The number of carbonyl (C=O) groups is 2. The molecular weight excluding hydrogens is 475 g/mol. The number of nitrogens with one attached hydrogen (secondary N) is 2. The van der Waals surface area contributed by atoms with Crippen LogP contribution in [-0.4, -0.2) is 37.5 Å². The Hall–Kier alpha value is -3.21. The molecule has 0 spiro atoms. The molecule has 0 unspecified atom stereocenters. The van der Waals surface area contributed by atoms with Crippen molar-refractivity contribution in [3.63, 3.8) is 0 Å². The van der Waals surface area contributed by atoms with Crippen LogP contribution in [-0.2, 0) is 4.74 Å². The molecule has 12 heteroatoms. The van der Waals surface area contributed by atoms with E-state index in [-0.39, 0.29) is 16.5 Å². The number of amides is 2. The van der Waals surface area contributed by atoms with Crippen LogP contribution < -0.4 is 10.6 Å². The van der Waals surface area contributed by atoms with Gasteiger partial charge in [0, 0.05) is 23.6 Å². The number of hydrogen-bond donors (Lipinski definition) is 2. The van der Waals surface area contributed by atoms with Crippen LogP contribution in [0.1, 0.15) is 23.5 Å². The SMILES string of the molecule is CC(C)OC(=O)Nc1cnc2nc(-c3cc(NC(=O)c4cnc(Cl)s4)ccc3Cl)cn2c1. The summed E-state index contributed by atoms with van der Waals surface area (Å²) in [6.45, 7) is 3.52. The van der Waals surface area contributed by atoms with Crippen molar-refractivity contribution < 1.29 is 14.3 Å². The predicted octanol–water partition coefficient (Wildman–Crippen LogP) is 5.37. The van der Waals surface area contributed by atoms with Gasteiger partial charge in [-0.3, -0.25) is 14.5 Å². The number of halogens is 2. The van der Waals surface area contributed by atoms with Crippen molar-refractivity contribution in [3.8, 4) is 11.3 Å². The second-order valence-corrected chi connectivity index (χ2v) is 8.90. The number of nitrogens with zero attached hydrogens (tertiary/aromatic N) is 4. The lowest BCUT2D eigenvalue weighted by Gasteiger charge is -2.09. The summed E-state index contributed by atoms with van der Waals surface area (Å²) in [5, 5.41) is 5.86. The maximum atomic E-state index is 12.4. The number of carbonyl (C=O) groups excluding carboxylic acids is 2. The van der Waals surface area contributed by atoms with Crippen molar-refractivity contribution in [2.75, 3.05) is 10.6 Å². The standard InChI is InChI=1S/C20H16Cl2N6O3S/c1-10(2)31-20(30)26-12-6-24-19-27-15(9-28(19)8-12)13-5-11(3-4-14(13)21)25-17(29)16-7-23-18(22)32-16/h3-10H,1-2H3,(H,25,29)(H,26,30). The van der Waals surface area contributed by atoms with Crippen molar-refractivity contribution in [1.82, 2.24) is 19.4 Å². The maximum Gasteiger partial charge on any atom is 0.411 e. The van der Waals surface area contributed by atoms with Gasteiger partial charge in [-0.15, -0.1) is 0 Å². The van der Waals surface area contributed by atoms with E-state index in [4.69, 9.17) is 27.9 Å². The molecule has 1 aromatic carbocycles. The number of thiazole rings is 1. The number of rotatable bonds is 5. The molecule has 164 valence electrons. The van der Waals surface area contributed by atoms with Gasteiger partial charge in [-0.2, -0.15) is 0 Å². The summed E-state index contributed by atoms with van der Waals surface area (Å²) in [5.74, 6) is 0.0796. The van der Waals surface area contributed by atoms with E-state index in [1.807, 2.05) is 0 Å². The van der Waals surface area contributed by atoms with Crippen LogP contribution in [0.3, 0.4) is 0 Å². The zero-order valence-corrected chi connectivity index (χ0v) is 19.1. The minimum absolute atomic E-state index is 0.241. The molecule has 3 aromatic heterocycles. The molecular formula is C20H16Cl2N6O3S. The van der Waals surface area contributed by atoms with Gasteiger partial charge >= 0.3 is 6.09 Å². The number of aromatic nitrogens is 4. The fraction of sp³-hybridized carbons (Fsp3) is 0.150. The highest BCUT2D eigenvalue weighted by atomic mass is 35.5. The maximum absolute atomic E-state index is 12.4. The first-order chi connectivity index (χ1) is 15.3. The van der Waals surface area contributed by atoms with E-state index < -0.39 is 6.09 Å². The van der Waals surface area contributed by atoms with Gasteiger partial charge in [-0.1, -0.05) is 34.5 Å². The minimum atomic E-state index is -0.574. The third-order valence-corrected chi connectivity index (χ3v) is 5.54. The highest BCUT2D eigenvalue weighted by Gasteiger charge is 2.14. The molecule has 0 aliphatic carbocycles. The lowest BCUT2D eigenvalue weighted by Crippen LogP contribution is -2.18. The van der Waals surface area contributed by atoms with E-state index in [2.05, 4.69) is 25.6 Å². The van der Waals surface area contributed by atoms with Crippen molar-refractivity contribution in [2.24, 2.45) is 0 Å². The summed E-state index contributed by atoms with van der Waals surface area (Å²) in [4.78, 5) is 37.2. The molecule has 2 amide bonds. The van der Waals surface area contributed by atoms with Gasteiger partial charge in [-0.25, -0.2) is 19.7 Å². The molecule has 0 aliphatic rings. The highest BCUT2D eigenvalue weighted by Crippen LogP contribution is 2.31. The number of anilines is 2. The number of hydrogen-bond acceptors (Lipinski definition) is 7. The molecule has 0 radical (unpaired) electrons. The van der Waals surface area contributed by atoms with Crippen molar-refractivity contribution in [3.05, 3.63) is 57.4 Å². The molecule has 0 atom stereocenters. The van der Waals surface area contributed by atoms with Gasteiger partial charge in [0.2, 0.25) is 5.78 Å². The number of imidazole rings is 1. The molecule has 0 saturated carbocycles. The zero-order chi connectivity index (χ0) is 22.8. The third kappa shape index (κ3) is 4.98. The van der Waals surface area contributed by atoms with Gasteiger partial charge in [-0.05, 0) is 32.0 Å². The summed E-state index contributed by atoms with van der Waals surface area (Å²) >= 11 is 13.3. The number of ether oxygens (including phenoxy) is 1. The van der Waals surface area contributed by atoms with Gasteiger partial charge in [0.25, 0.3) is 5.91 Å². The summed E-state index contributed by atoms with van der Waals surface area (Å²) in [6, 6.07) is 5.06. The average Bonchev–Trinajstić information content (AvgIpc) is 3.34. The second-order valence-electron chi connectivity index (χ2n) is 6.88. The van der Waals surface area contributed by atoms with Crippen LogP contribution in [0, 0.1) is 0 Å². The summed E-state index contributed by atoms with van der Waals surface area (Å²) in [6.07, 6.45) is 5.45. The molecule has 0 saturated heterocycles. The topological polar surface area (TPSA) is 111 Å². The Bertz CT molecular complexity index is 1320. The molecule has 4 rings (SSSR count). The smallest absolute Gasteiger partial charge is 0.411 e. The molecule has 9 nitrogen and oxygen atoms in total. The Balaban J connectivity index is 1.58. The molecule has 4 aromatic rings. The first-order valence-electron chi connectivity index (χ1n) is 9.33. The normalized spacial score (nSPS) is 11.0. The third-order valence-electron chi connectivity index (χ3n) is 4.10. The fourth-order valence-electron chi connectivity index (χ4n) is 2.79. The van der Waals surface area contributed by atoms with Crippen LogP contribution >= 0.6 is 34.5 Å². The monoisotopic (exact) mass is 490 g/mol. The summed E-state index contributed by atoms with van der Waals surface area (Å²) in [7, 11) is 0. The van der Waals surface area contributed by atoms with E-state index >= 15 is 0 Å². The van der Waals surface area contributed by atoms with Crippen molar-refractivity contribution >= 4 is 63.7 Å². The largest absolute Gasteiger partial charge is 0.447 e. The molecule has 2 N–H and O–H groups in total. The van der Waals surface area contributed by atoms with Crippen molar-refractivity contribution in [2.45, 2.75) is 20.0 Å². The van der Waals surface area contributed by atoms with Crippen LogP contribution in [0.25, 0.3) is 17.0 Å². The molecule has 0 aliphatic heterocycles. The predicted molar refractivity (Wildman–Crippen MR) is 124 cm³/mol. The van der Waals surface area contributed by atoms with E-state index in [9.17, 15) is 9.59 Å². The van der Waals surface area contributed by atoms with Crippen molar-refractivity contribution in [1.29, 1.82) is 0 Å². The minimum Gasteiger partial charge on any atom is -0.447 e. The molecule has 0 bridgehead atoms. The molecule has 32 heavy (non-hydrogen) atoms. The Morgan fingerprint density at radius 1 is 1.09 bits per heavy atom. The average molecular weight is 491 g/mol. The summed E-state index contributed by atoms with van der Waals surface area (Å²) in [5.41, 5.74) is 2.12. The zero-order valence-electron chi connectivity index (χ0n) is 16.8. The van der Waals surface area contributed by atoms with E-state index in [1.54, 1.807) is 48.8 Å². The van der Waals surface area contributed by atoms with E-state index in [0.29, 0.717) is 38.3 Å². The van der Waals surface area contributed by atoms with Gasteiger partial charge < -0.3 is 10.1 Å². The van der Waals surface area contributed by atoms with Crippen LogP contribution in [0.5, 0.6) is 0 Å². The van der Waals surface area contributed by atoms with Gasteiger partial charge in [0.15, 0.2) is 4.47 Å². The second kappa shape index (κ2) is 9.11. The Morgan fingerprint density at radius 3 is 2.62 bits per heavy atom. The molecule has 0 fully saturated rings. The first-order valence-corrected chi connectivity index (χ1v) is 10.9. The number of benzene rings is 1. The summed E-state index contributed by atoms with van der Waals surface area (Å²) < 4.78 is 7.01. The molecule has 3 heterocycles. The van der Waals surface area contributed by atoms with Gasteiger partial charge in [0.1, 0.15) is 4.88 Å². The van der Waals surface area contributed by atoms with Gasteiger partial charge in [0.05, 0.1) is 34.9 Å². The fourth-order valence-corrected chi connectivity index (χ4v) is 3.84. The Morgan fingerprint density at radius 2 is 1.91 bits per heavy atom. The number of fused-ring (bicyclic) bond motifs is 1. The lowest BCUT2D eigenvalue weighted by molar-refractivity contribution is 0.103.